The highest BCUT2D eigenvalue weighted by atomic mass is 32.2. The summed E-state index contributed by atoms with van der Waals surface area (Å²) in [6.45, 7) is 0.969. The van der Waals surface area contributed by atoms with Crippen LogP contribution in [-0.2, 0) is 14.8 Å². The maximum Gasteiger partial charge on any atom is 0.211 e. The van der Waals surface area contributed by atoms with Crippen LogP contribution < -0.4 is 0 Å². The normalized spacial score (nSPS) is 27.4. The first-order chi connectivity index (χ1) is 9.88. The summed E-state index contributed by atoms with van der Waals surface area (Å²) in [6.07, 6.45) is 7.61. The van der Waals surface area contributed by atoms with E-state index in [4.69, 9.17) is 0 Å². The van der Waals surface area contributed by atoms with E-state index in [1.807, 2.05) is 0 Å². The van der Waals surface area contributed by atoms with Gasteiger partial charge in [0, 0.05) is 19.5 Å². The number of carbonyl (C=O) groups excluding carboxylic acids is 1. The first kappa shape index (κ1) is 16.9. The van der Waals surface area contributed by atoms with Crippen molar-refractivity contribution < 1.29 is 18.3 Å². The quantitative estimate of drug-likeness (QED) is 0.835. The first-order valence-corrected chi connectivity index (χ1v) is 9.88. The molecule has 2 atom stereocenters. The van der Waals surface area contributed by atoms with Gasteiger partial charge in [-0.1, -0.05) is 19.3 Å². The molecule has 0 bridgehead atoms. The molecule has 2 rings (SSSR count). The lowest BCUT2D eigenvalue weighted by molar-refractivity contribution is -0.131. The maximum atomic E-state index is 12.2. The molecule has 2 aliphatic rings. The lowest BCUT2D eigenvalue weighted by atomic mass is 9.81. The van der Waals surface area contributed by atoms with Crippen LogP contribution in [0.4, 0.5) is 0 Å². The number of hydrogen-bond acceptors (Lipinski definition) is 4. The molecule has 1 heterocycles. The predicted octanol–water partition coefficient (Wildman–Crippen LogP) is 1.56. The summed E-state index contributed by atoms with van der Waals surface area (Å²) in [4.78, 5) is 12.2. The van der Waals surface area contributed by atoms with Crippen LogP contribution >= 0.6 is 0 Å². The van der Waals surface area contributed by atoms with Crippen LogP contribution in [0.15, 0.2) is 0 Å². The Kier molecular flexibility index (Phi) is 5.80. The maximum absolute atomic E-state index is 12.2. The van der Waals surface area contributed by atoms with Gasteiger partial charge in [-0.25, -0.2) is 12.7 Å². The number of carbonyl (C=O) groups is 1. The van der Waals surface area contributed by atoms with Gasteiger partial charge in [0.15, 0.2) is 5.78 Å². The molecule has 1 aliphatic heterocycles. The van der Waals surface area contributed by atoms with Crippen LogP contribution in [-0.4, -0.2) is 49.1 Å². The molecular weight excluding hydrogens is 290 g/mol. The molecule has 0 radical (unpaired) electrons. The number of hydrogen-bond donors (Lipinski definition) is 1. The van der Waals surface area contributed by atoms with Crippen LogP contribution in [0.25, 0.3) is 0 Å². The SMILES string of the molecule is CS(=O)(=O)N1CCCC(CC(=O)C(O)C2CCCCC2)C1. The average Bonchev–Trinajstić information content (AvgIpc) is 2.47. The van der Waals surface area contributed by atoms with Crippen molar-refractivity contribution in [3.8, 4) is 0 Å². The van der Waals surface area contributed by atoms with Gasteiger partial charge in [-0.2, -0.15) is 0 Å². The number of piperidine rings is 1. The number of rotatable bonds is 5. The van der Waals surface area contributed by atoms with Crippen molar-refractivity contribution in [1.82, 2.24) is 4.31 Å². The summed E-state index contributed by atoms with van der Waals surface area (Å²) in [5.74, 6) is 0.0716. The summed E-state index contributed by atoms with van der Waals surface area (Å²) < 4.78 is 24.6. The fraction of sp³-hybridized carbons (Fsp3) is 0.933. The second-order valence-electron chi connectivity index (χ2n) is 6.64. The van der Waals surface area contributed by atoms with Gasteiger partial charge in [0.1, 0.15) is 6.10 Å². The zero-order valence-corrected chi connectivity index (χ0v) is 13.6. The molecule has 6 heteroatoms. The second-order valence-corrected chi connectivity index (χ2v) is 8.63. The fourth-order valence-electron chi connectivity index (χ4n) is 3.61. The molecule has 1 N–H and O–H groups in total. The zero-order chi connectivity index (χ0) is 15.5. The molecular formula is C15H27NO4S. The summed E-state index contributed by atoms with van der Waals surface area (Å²) in [5, 5.41) is 10.2. The van der Waals surface area contributed by atoms with Gasteiger partial charge in [0.25, 0.3) is 0 Å². The molecule has 0 aromatic carbocycles. The van der Waals surface area contributed by atoms with E-state index >= 15 is 0 Å². The van der Waals surface area contributed by atoms with Crippen LogP contribution in [0.2, 0.25) is 0 Å². The van der Waals surface area contributed by atoms with Crippen LogP contribution in [0.3, 0.4) is 0 Å². The van der Waals surface area contributed by atoms with Crippen molar-refractivity contribution in [3.05, 3.63) is 0 Å². The van der Waals surface area contributed by atoms with Crippen molar-refractivity contribution in [2.45, 2.75) is 57.5 Å². The Hall–Kier alpha value is -0.460. The summed E-state index contributed by atoms with van der Waals surface area (Å²) in [6, 6.07) is 0. The van der Waals surface area contributed by atoms with E-state index in [1.54, 1.807) is 0 Å². The van der Waals surface area contributed by atoms with Crippen LogP contribution in [0, 0.1) is 11.8 Å². The van der Waals surface area contributed by atoms with E-state index in [9.17, 15) is 18.3 Å². The number of aliphatic hydroxyl groups is 1. The third kappa shape index (κ3) is 4.76. The van der Waals surface area contributed by atoms with Crippen LogP contribution in [0.1, 0.15) is 51.4 Å². The van der Waals surface area contributed by atoms with E-state index in [0.717, 1.165) is 38.5 Å². The van der Waals surface area contributed by atoms with Gasteiger partial charge >= 0.3 is 0 Å². The van der Waals surface area contributed by atoms with Gasteiger partial charge in [0.05, 0.1) is 6.26 Å². The minimum absolute atomic E-state index is 0.0548. The van der Waals surface area contributed by atoms with Crippen molar-refractivity contribution >= 4 is 15.8 Å². The number of ketones is 1. The lowest BCUT2D eigenvalue weighted by Gasteiger charge is -2.32. The molecule has 0 amide bonds. The average molecular weight is 317 g/mol. The van der Waals surface area contributed by atoms with Crippen LogP contribution in [0.5, 0.6) is 0 Å². The largest absolute Gasteiger partial charge is 0.385 e. The number of Topliss-reactive ketones (excluding diaryl/α,β-unsaturated/α-hetero) is 1. The Labute approximate surface area is 127 Å². The summed E-state index contributed by atoms with van der Waals surface area (Å²) >= 11 is 0. The predicted molar refractivity (Wildman–Crippen MR) is 81.3 cm³/mol. The number of nitrogens with zero attached hydrogens (tertiary/aromatic N) is 1. The molecule has 1 saturated carbocycles. The van der Waals surface area contributed by atoms with Crippen molar-refractivity contribution in [3.63, 3.8) is 0 Å². The Bertz CT molecular complexity index is 456. The second kappa shape index (κ2) is 7.20. The minimum Gasteiger partial charge on any atom is -0.385 e. The molecule has 2 fully saturated rings. The third-order valence-electron chi connectivity index (χ3n) is 4.87. The highest BCUT2D eigenvalue weighted by Crippen LogP contribution is 2.29. The van der Waals surface area contributed by atoms with E-state index in [1.165, 1.54) is 17.0 Å². The Morgan fingerprint density at radius 2 is 1.86 bits per heavy atom. The first-order valence-electron chi connectivity index (χ1n) is 8.04. The lowest BCUT2D eigenvalue weighted by Crippen LogP contribution is -2.41. The van der Waals surface area contributed by atoms with Crippen molar-refractivity contribution in [2.75, 3.05) is 19.3 Å². The van der Waals surface area contributed by atoms with Gasteiger partial charge < -0.3 is 5.11 Å². The van der Waals surface area contributed by atoms with E-state index in [2.05, 4.69) is 0 Å². The van der Waals surface area contributed by atoms with E-state index in [-0.39, 0.29) is 17.6 Å². The van der Waals surface area contributed by atoms with E-state index < -0.39 is 16.1 Å². The molecule has 0 spiro atoms. The fourth-order valence-corrected chi connectivity index (χ4v) is 4.56. The molecule has 0 aromatic rings. The smallest absolute Gasteiger partial charge is 0.211 e. The highest BCUT2D eigenvalue weighted by Gasteiger charge is 2.32. The molecule has 122 valence electrons. The number of aliphatic hydroxyl groups excluding tert-OH is 1. The Morgan fingerprint density at radius 1 is 1.19 bits per heavy atom. The minimum atomic E-state index is -3.18. The van der Waals surface area contributed by atoms with Gasteiger partial charge in [-0.05, 0) is 37.5 Å². The highest BCUT2D eigenvalue weighted by molar-refractivity contribution is 7.88. The Balaban J connectivity index is 1.86. The summed E-state index contributed by atoms with van der Waals surface area (Å²) in [5.41, 5.74) is 0. The molecule has 5 nitrogen and oxygen atoms in total. The molecule has 1 aliphatic carbocycles. The Morgan fingerprint density at radius 3 is 2.48 bits per heavy atom. The van der Waals surface area contributed by atoms with Gasteiger partial charge in [-0.3, -0.25) is 4.79 Å². The molecule has 0 aromatic heterocycles. The monoisotopic (exact) mass is 317 g/mol. The molecule has 2 unspecified atom stereocenters. The van der Waals surface area contributed by atoms with Gasteiger partial charge in [-0.15, -0.1) is 0 Å². The van der Waals surface area contributed by atoms with Crippen molar-refractivity contribution in [1.29, 1.82) is 0 Å². The van der Waals surface area contributed by atoms with E-state index in [0.29, 0.717) is 19.5 Å². The van der Waals surface area contributed by atoms with Gasteiger partial charge in [0.2, 0.25) is 10.0 Å². The molecule has 21 heavy (non-hydrogen) atoms. The standard InChI is InChI=1S/C15H27NO4S/c1-21(19,20)16-9-5-6-12(11-16)10-14(17)15(18)13-7-3-2-4-8-13/h12-13,15,18H,2-11H2,1H3. The van der Waals surface area contributed by atoms with Crippen molar-refractivity contribution in [2.24, 2.45) is 11.8 Å². The number of sulfonamides is 1. The third-order valence-corrected chi connectivity index (χ3v) is 6.14. The molecule has 1 saturated heterocycles. The topological polar surface area (TPSA) is 74.7 Å². The zero-order valence-electron chi connectivity index (χ0n) is 12.8. The summed E-state index contributed by atoms with van der Waals surface area (Å²) in [7, 11) is -3.18.